The van der Waals surface area contributed by atoms with Crippen LogP contribution in [0.25, 0.3) is 0 Å². The van der Waals surface area contributed by atoms with Gasteiger partial charge < -0.3 is 9.94 Å². The molecule has 0 aromatic heterocycles. The zero-order valence-corrected chi connectivity index (χ0v) is 16.0. The lowest BCUT2D eigenvalue weighted by Crippen LogP contribution is -2.27. The lowest BCUT2D eigenvalue weighted by atomic mass is 9.82. The van der Waals surface area contributed by atoms with Crippen molar-refractivity contribution in [3.63, 3.8) is 0 Å². The quantitative estimate of drug-likeness (QED) is 0.377. The van der Waals surface area contributed by atoms with Crippen molar-refractivity contribution in [1.82, 2.24) is 0 Å². The Balaban J connectivity index is 2.84. The van der Waals surface area contributed by atoms with Gasteiger partial charge >= 0.3 is 0 Å². The molecule has 0 radical (unpaired) electrons. The Kier molecular flexibility index (Phi) is 9.29. The van der Waals surface area contributed by atoms with Gasteiger partial charge in [0.05, 0.1) is 11.3 Å². The number of aliphatic hydroxyl groups is 1. The zero-order valence-electron chi connectivity index (χ0n) is 14.5. The number of oxime groups is 1. The predicted octanol–water partition coefficient (Wildman–Crippen LogP) is 3.86. The van der Waals surface area contributed by atoms with Crippen LogP contribution in [-0.2, 0) is 20.4 Å². The maximum atomic E-state index is 12.5. The third kappa shape index (κ3) is 6.06. The molecule has 136 valence electrons. The molecule has 1 aliphatic carbocycles. The molecule has 1 rings (SSSR count). The van der Waals surface area contributed by atoms with Crippen LogP contribution in [0.1, 0.15) is 46.5 Å². The third-order valence-corrected chi connectivity index (χ3v) is 5.82. The topological polar surface area (TPSA) is 76.0 Å². The summed E-state index contributed by atoms with van der Waals surface area (Å²) in [7, 11) is -0.891. The summed E-state index contributed by atoms with van der Waals surface area (Å²) in [6.07, 6.45) is 3.48. The summed E-state index contributed by atoms with van der Waals surface area (Å²) in [5, 5.41) is 14.3. The highest BCUT2D eigenvalue weighted by atomic mass is 35.5. The van der Waals surface area contributed by atoms with Gasteiger partial charge in [0.2, 0.25) is 0 Å². The molecular weight excluding hydrogens is 350 g/mol. The van der Waals surface area contributed by atoms with Gasteiger partial charge in [0, 0.05) is 40.2 Å². The summed E-state index contributed by atoms with van der Waals surface area (Å²) in [6.45, 7) is 5.87. The second-order valence-electron chi connectivity index (χ2n) is 5.78. The Morgan fingerprint density at radius 2 is 2.21 bits per heavy atom. The van der Waals surface area contributed by atoms with E-state index >= 15 is 0 Å². The van der Waals surface area contributed by atoms with E-state index in [0.717, 1.165) is 0 Å². The average Bonchev–Trinajstić information content (AvgIpc) is 2.55. The summed E-state index contributed by atoms with van der Waals surface area (Å²) < 4.78 is 11.8. The second kappa shape index (κ2) is 10.7. The van der Waals surface area contributed by atoms with Gasteiger partial charge in [-0.15, -0.1) is 0 Å². The smallest absolute Gasteiger partial charge is 0.168 e. The van der Waals surface area contributed by atoms with Crippen molar-refractivity contribution in [3.8, 4) is 0 Å². The molecule has 0 aromatic carbocycles. The van der Waals surface area contributed by atoms with Crippen molar-refractivity contribution in [1.29, 1.82) is 0 Å². The third-order valence-electron chi connectivity index (χ3n) is 3.98. The van der Waals surface area contributed by atoms with Crippen LogP contribution in [0.4, 0.5) is 0 Å². The summed E-state index contributed by atoms with van der Waals surface area (Å²) in [5.41, 5.74) is 2.05. The van der Waals surface area contributed by atoms with Crippen molar-refractivity contribution in [2.75, 3.05) is 12.4 Å². The number of allylic oxidation sites excluding steroid dienone is 2. The molecule has 1 aliphatic rings. The van der Waals surface area contributed by atoms with E-state index in [0.29, 0.717) is 37.1 Å². The Bertz CT molecular complexity index is 557. The lowest BCUT2D eigenvalue weighted by molar-refractivity contribution is -0.116. The van der Waals surface area contributed by atoms with Gasteiger partial charge in [-0.3, -0.25) is 9.00 Å². The van der Waals surface area contributed by atoms with E-state index in [9.17, 15) is 14.1 Å². The molecule has 0 aliphatic heterocycles. The molecule has 0 heterocycles. The minimum atomic E-state index is -0.891. The number of rotatable bonds is 9. The normalized spacial score (nSPS) is 22.1. The first kappa shape index (κ1) is 20.9. The number of Topliss-reactive ketones (excluding diaryl/α,β-unsaturated/α-hetero) is 1. The van der Waals surface area contributed by atoms with Crippen LogP contribution in [0, 0.1) is 5.92 Å². The molecule has 0 aromatic rings. The first-order valence-electron chi connectivity index (χ1n) is 8.21. The minimum Gasteiger partial charge on any atom is -0.511 e. The molecule has 0 amide bonds. The van der Waals surface area contributed by atoms with Crippen LogP contribution in [0.2, 0.25) is 0 Å². The fraction of sp³-hybridized carbons (Fsp3) is 0.647. The molecule has 0 saturated carbocycles. The Morgan fingerprint density at radius 3 is 2.75 bits per heavy atom. The molecule has 24 heavy (non-hydrogen) atoms. The van der Waals surface area contributed by atoms with E-state index in [1.807, 2.05) is 20.8 Å². The molecule has 0 fully saturated rings. The zero-order chi connectivity index (χ0) is 18.1. The van der Waals surface area contributed by atoms with Crippen LogP contribution < -0.4 is 0 Å². The van der Waals surface area contributed by atoms with Gasteiger partial charge in [-0.25, -0.2) is 0 Å². The molecular formula is C17H26ClNO4S. The molecule has 0 bridgehead atoms. The predicted molar refractivity (Wildman–Crippen MR) is 98.8 cm³/mol. The molecule has 3 unspecified atom stereocenters. The largest absolute Gasteiger partial charge is 0.511 e. The maximum absolute atomic E-state index is 12.5. The molecule has 7 heteroatoms. The van der Waals surface area contributed by atoms with Gasteiger partial charge in [-0.05, 0) is 24.8 Å². The summed E-state index contributed by atoms with van der Waals surface area (Å²) >= 11 is 5.40. The van der Waals surface area contributed by atoms with Crippen molar-refractivity contribution in [3.05, 3.63) is 22.9 Å². The Labute approximate surface area is 151 Å². The summed E-state index contributed by atoms with van der Waals surface area (Å²) in [6, 6.07) is 0. The highest BCUT2D eigenvalue weighted by Crippen LogP contribution is 2.31. The molecule has 0 saturated heterocycles. The van der Waals surface area contributed by atoms with E-state index in [2.05, 4.69) is 5.16 Å². The van der Waals surface area contributed by atoms with E-state index in [-0.39, 0.29) is 34.9 Å². The molecule has 5 nitrogen and oxygen atoms in total. The number of ketones is 1. The minimum absolute atomic E-state index is 0.0185. The van der Waals surface area contributed by atoms with Crippen LogP contribution in [0.15, 0.2) is 28.1 Å². The summed E-state index contributed by atoms with van der Waals surface area (Å²) in [4.78, 5) is 17.6. The van der Waals surface area contributed by atoms with E-state index in [1.54, 1.807) is 6.08 Å². The van der Waals surface area contributed by atoms with Crippen molar-refractivity contribution >= 4 is 33.9 Å². The van der Waals surface area contributed by atoms with Crippen molar-refractivity contribution in [2.45, 2.75) is 51.7 Å². The molecule has 0 spiro atoms. The number of aliphatic hydroxyl groups excluding tert-OH is 1. The first-order chi connectivity index (χ1) is 11.4. The number of nitrogens with zero attached hydrogens (tertiary/aromatic N) is 1. The standard InChI is InChI=1S/C17H26ClNO4S/c1-4-14(19-23-8-6-7-18)17-15(20)10-13(11-16(17)21)9-12(3)24(22)5-2/h6-7,12-13,20H,4-5,8-11H2,1-3H3/b7-6+,19-14+. The molecule has 3 atom stereocenters. The number of carbonyl (C=O) groups is 1. The molecule has 1 N–H and O–H groups in total. The highest BCUT2D eigenvalue weighted by molar-refractivity contribution is 7.85. The summed E-state index contributed by atoms with van der Waals surface area (Å²) in [5.74, 6) is 0.554. The van der Waals surface area contributed by atoms with Gasteiger partial charge in [0.1, 0.15) is 12.4 Å². The number of hydrogen-bond donors (Lipinski definition) is 1. The monoisotopic (exact) mass is 375 g/mol. The van der Waals surface area contributed by atoms with Crippen molar-refractivity contribution < 1.29 is 18.9 Å². The average molecular weight is 376 g/mol. The van der Waals surface area contributed by atoms with Crippen LogP contribution in [-0.4, -0.2) is 38.4 Å². The van der Waals surface area contributed by atoms with E-state index < -0.39 is 10.8 Å². The van der Waals surface area contributed by atoms with Gasteiger partial charge in [-0.1, -0.05) is 37.5 Å². The van der Waals surface area contributed by atoms with E-state index in [4.69, 9.17) is 16.4 Å². The maximum Gasteiger partial charge on any atom is 0.168 e. The van der Waals surface area contributed by atoms with Crippen LogP contribution >= 0.6 is 11.6 Å². The Hall–Kier alpha value is -1.14. The first-order valence-corrected chi connectivity index (χ1v) is 10.0. The SMILES string of the molecule is CC/C(=N\OC/C=C/Cl)C1=C(O)CC(CC(C)S(=O)CC)CC1=O. The highest BCUT2D eigenvalue weighted by Gasteiger charge is 2.31. The van der Waals surface area contributed by atoms with Crippen LogP contribution in [0.5, 0.6) is 0 Å². The number of hydrogen-bond acceptors (Lipinski definition) is 5. The fourth-order valence-electron chi connectivity index (χ4n) is 2.81. The van der Waals surface area contributed by atoms with Gasteiger partial charge in [0.15, 0.2) is 5.78 Å². The van der Waals surface area contributed by atoms with Gasteiger partial charge in [-0.2, -0.15) is 0 Å². The second-order valence-corrected chi connectivity index (χ2v) is 8.18. The Morgan fingerprint density at radius 1 is 1.50 bits per heavy atom. The van der Waals surface area contributed by atoms with Gasteiger partial charge in [0.25, 0.3) is 0 Å². The number of halogens is 1. The van der Waals surface area contributed by atoms with Crippen LogP contribution in [0.3, 0.4) is 0 Å². The van der Waals surface area contributed by atoms with Crippen molar-refractivity contribution in [2.24, 2.45) is 11.1 Å². The lowest BCUT2D eigenvalue weighted by Gasteiger charge is -2.25. The van der Waals surface area contributed by atoms with E-state index in [1.165, 1.54) is 5.54 Å². The number of carbonyl (C=O) groups excluding carboxylic acids is 1. The fourth-order valence-corrected chi connectivity index (χ4v) is 3.94.